The average molecular weight is 352 g/mol. The summed E-state index contributed by atoms with van der Waals surface area (Å²) in [6, 6.07) is 9.51. The van der Waals surface area contributed by atoms with Crippen molar-refractivity contribution in [1.29, 1.82) is 0 Å². The quantitative estimate of drug-likeness (QED) is 0.777. The Bertz CT molecular complexity index is 972. The van der Waals surface area contributed by atoms with E-state index in [1.54, 1.807) is 0 Å². The number of nitrogens with zero attached hydrogens (tertiary/aromatic N) is 4. The van der Waals surface area contributed by atoms with E-state index in [2.05, 4.69) is 10.3 Å². The fourth-order valence-electron chi connectivity index (χ4n) is 3.62. The number of fused-ring (bicyclic) bond motifs is 2. The lowest BCUT2D eigenvalue weighted by Crippen LogP contribution is -2.39. The van der Waals surface area contributed by atoms with Gasteiger partial charge in [0.1, 0.15) is 11.8 Å². The Morgan fingerprint density at radius 1 is 1.31 bits per heavy atom. The van der Waals surface area contributed by atoms with Gasteiger partial charge in [-0.1, -0.05) is 17.3 Å². The molecule has 3 aromatic rings. The number of amides is 1. The van der Waals surface area contributed by atoms with Gasteiger partial charge in [-0.15, -0.1) is 0 Å². The van der Waals surface area contributed by atoms with Crippen LogP contribution in [0.3, 0.4) is 0 Å². The summed E-state index contributed by atoms with van der Waals surface area (Å²) in [4.78, 5) is 14.6. The maximum atomic E-state index is 12.7. The molecule has 1 fully saturated rings. The third kappa shape index (κ3) is 2.68. The molecular formula is C19H20N4O3. The summed E-state index contributed by atoms with van der Waals surface area (Å²) in [6.07, 6.45) is 1.89. The molecule has 3 heterocycles. The number of aliphatic hydroxyl groups is 1. The predicted molar refractivity (Wildman–Crippen MR) is 93.0 cm³/mol. The number of hydrogen-bond acceptors (Lipinski definition) is 5. The molecule has 1 aliphatic heterocycles. The van der Waals surface area contributed by atoms with Gasteiger partial charge in [0.2, 0.25) is 5.91 Å². The molecular weight excluding hydrogens is 332 g/mol. The van der Waals surface area contributed by atoms with Crippen molar-refractivity contribution in [2.24, 2.45) is 5.92 Å². The van der Waals surface area contributed by atoms with Gasteiger partial charge in [0.05, 0.1) is 30.9 Å². The molecule has 0 bridgehead atoms. The Labute approximate surface area is 150 Å². The first-order valence-corrected chi connectivity index (χ1v) is 9.05. The first-order valence-electron chi connectivity index (χ1n) is 9.05. The molecule has 0 saturated heterocycles. The van der Waals surface area contributed by atoms with Gasteiger partial charge in [-0.05, 0) is 37.0 Å². The van der Waals surface area contributed by atoms with Gasteiger partial charge in [-0.3, -0.25) is 9.48 Å². The monoisotopic (exact) mass is 352 g/mol. The van der Waals surface area contributed by atoms with Crippen LogP contribution < -0.4 is 0 Å². The summed E-state index contributed by atoms with van der Waals surface area (Å²) in [5, 5.41) is 19.7. The number of rotatable bonds is 4. The number of aliphatic hydroxyl groups excluding tert-OH is 1. The Morgan fingerprint density at radius 3 is 3.00 bits per heavy atom. The van der Waals surface area contributed by atoms with Crippen LogP contribution in [0.25, 0.3) is 11.0 Å². The summed E-state index contributed by atoms with van der Waals surface area (Å²) in [5.41, 5.74) is 3.09. The summed E-state index contributed by atoms with van der Waals surface area (Å²) in [7, 11) is 0. The number of aromatic nitrogens is 3. The van der Waals surface area contributed by atoms with Gasteiger partial charge in [0.15, 0.2) is 5.58 Å². The molecule has 5 rings (SSSR count). The fourth-order valence-corrected chi connectivity index (χ4v) is 3.62. The predicted octanol–water partition coefficient (Wildman–Crippen LogP) is 2.05. The van der Waals surface area contributed by atoms with E-state index in [1.807, 2.05) is 39.9 Å². The van der Waals surface area contributed by atoms with Crippen LogP contribution in [0, 0.1) is 5.92 Å². The van der Waals surface area contributed by atoms with E-state index in [1.165, 1.54) is 0 Å². The molecule has 1 N–H and O–H groups in total. The minimum absolute atomic E-state index is 0.0285. The highest BCUT2D eigenvalue weighted by atomic mass is 16.5. The molecule has 7 nitrogen and oxygen atoms in total. The van der Waals surface area contributed by atoms with Crippen molar-refractivity contribution < 1.29 is 14.4 Å². The third-order valence-electron chi connectivity index (χ3n) is 5.31. The van der Waals surface area contributed by atoms with Crippen LogP contribution in [0.2, 0.25) is 0 Å². The van der Waals surface area contributed by atoms with Crippen molar-refractivity contribution >= 4 is 16.9 Å². The molecule has 1 amide bonds. The second-order valence-corrected chi connectivity index (χ2v) is 7.18. The lowest BCUT2D eigenvalue weighted by atomic mass is 10.1. The molecule has 1 aliphatic carbocycles. The van der Waals surface area contributed by atoms with E-state index >= 15 is 0 Å². The molecule has 1 saturated carbocycles. The fraction of sp³-hybridized carbons (Fsp3) is 0.421. The zero-order valence-corrected chi connectivity index (χ0v) is 14.3. The zero-order valence-electron chi connectivity index (χ0n) is 14.3. The normalized spacial score (nSPS) is 18.1. The average Bonchev–Trinajstić information content (AvgIpc) is 3.30. The zero-order chi connectivity index (χ0) is 17.7. The molecule has 1 atom stereocenters. The van der Waals surface area contributed by atoms with Gasteiger partial charge in [-0.25, -0.2) is 0 Å². The van der Waals surface area contributed by atoms with Crippen molar-refractivity contribution in [3.8, 4) is 0 Å². The standard InChI is InChI=1S/C19H20N4O3/c24-18(10-15-14-3-1-2-4-17(14)26-21-15)22-7-8-23-13(11-22)9-16(20-23)19(25)12-5-6-12/h1-4,9,12,19,25H,5-8,10-11H2/t19-/m1/s1. The van der Waals surface area contributed by atoms with Gasteiger partial charge < -0.3 is 14.5 Å². The van der Waals surface area contributed by atoms with Gasteiger partial charge in [0.25, 0.3) is 0 Å². The first-order chi connectivity index (χ1) is 12.7. The van der Waals surface area contributed by atoms with Crippen molar-refractivity contribution in [2.45, 2.75) is 38.5 Å². The topological polar surface area (TPSA) is 84.4 Å². The summed E-state index contributed by atoms with van der Waals surface area (Å²) in [6.45, 7) is 1.78. The van der Waals surface area contributed by atoms with Crippen LogP contribution in [0.1, 0.15) is 36.0 Å². The van der Waals surface area contributed by atoms with Crippen LogP contribution in [0.4, 0.5) is 0 Å². The van der Waals surface area contributed by atoms with Crippen molar-refractivity contribution in [3.05, 3.63) is 47.4 Å². The number of carbonyl (C=O) groups excluding carboxylic acids is 1. The van der Waals surface area contributed by atoms with E-state index < -0.39 is 6.10 Å². The molecule has 0 spiro atoms. The second-order valence-electron chi connectivity index (χ2n) is 7.18. The van der Waals surface area contributed by atoms with Crippen molar-refractivity contribution in [2.75, 3.05) is 6.54 Å². The Kier molecular flexibility index (Phi) is 3.56. The lowest BCUT2D eigenvalue weighted by Gasteiger charge is -2.27. The highest BCUT2D eigenvalue weighted by Crippen LogP contribution is 2.40. The minimum Gasteiger partial charge on any atom is -0.386 e. The third-order valence-corrected chi connectivity index (χ3v) is 5.31. The number of para-hydroxylation sites is 1. The van der Waals surface area contributed by atoms with Gasteiger partial charge in [-0.2, -0.15) is 5.10 Å². The smallest absolute Gasteiger partial charge is 0.229 e. The highest BCUT2D eigenvalue weighted by Gasteiger charge is 2.33. The van der Waals surface area contributed by atoms with Crippen LogP contribution in [0.5, 0.6) is 0 Å². The van der Waals surface area contributed by atoms with Crippen molar-refractivity contribution in [1.82, 2.24) is 19.8 Å². The largest absolute Gasteiger partial charge is 0.386 e. The Morgan fingerprint density at radius 2 is 2.15 bits per heavy atom. The van der Waals surface area contributed by atoms with Gasteiger partial charge >= 0.3 is 0 Å². The Hall–Kier alpha value is -2.67. The van der Waals surface area contributed by atoms with E-state index in [9.17, 15) is 9.90 Å². The summed E-state index contributed by atoms with van der Waals surface area (Å²) < 4.78 is 7.20. The molecule has 7 heteroatoms. The maximum Gasteiger partial charge on any atom is 0.229 e. The van der Waals surface area contributed by atoms with E-state index in [0.717, 1.165) is 29.6 Å². The molecule has 2 aromatic heterocycles. The molecule has 2 aliphatic rings. The van der Waals surface area contributed by atoms with Crippen LogP contribution in [-0.4, -0.2) is 37.4 Å². The number of carbonyl (C=O) groups is 1. The van der Waals surface area contributed by atoms with Crippen LogP contribution >= 0.6 is 0 Å². The summed E-state index contributed by atoms with van der Waals surface area (Å²) in [5.74, 6) is 0.380. The molecule has 134 valence electrons. The highest BCUT2D eigenvalue weighted by molar-refractivity contribution is 5.86. The van der Waals surface area contributed by atoms with Gasteiger partial charge in [0, 0.05) is 11.9 Å². The van der Waals surface area contributed by atoms with E-state index in [4.69, 9.17) is 4.52 Å². The van der Waals surface area contributed by atoms with E-state index in [0.29, 0.717) is 36.8 Å². The molecule has 0 radical (unpaired) electrons. The van der Waals surface area contributed by atoms with Crippen LogP contribution in [0.15, 0.2) is 34.9 Å². The Balaban J connectivity index is 1.31. The SMILES string of the molecule is O=C(Cc1noc2ccccc12)N1CCn2nc([C@H](O)C3CC3)cc2C1. The molecule has 0 unspecified atom stereocenters. The second kappa shape index (κ2) is 5.95. The summed E-state index contributed by atoms with van der Waals surface area (Å²) >= 11 is 0. The minimum atomic E-state index is -0.473. The number of benzene rings is 1. The molecule has 26 heavy (non-hydrogen) atoms. The first kappa shape index (κ1) is 15.6. The van der Waals surface area contributed by atoms with Crippen LogP contribution in [-0.2, 0) is 24.3 Å². The number of hydrogen-bond donors (Lipinski definition) is 1. The maximum absolute atomic E-state index is 12.7. The molecule has 1 aromatic carbocycles. The van der Waals surface area contributed by atoms with Crippen molar-refractivity contribution in [3.63, 3.8) is 0 Å². The van der Waals surface area contributed by atoms with E-state index in [-0.39, 0.29) is 12.3 Å². The lowest BCUT2D eigenvalue weighted by molar-refractivity contribution is -0.132.